The van der Waals surface area contributed by atoms with Crippen LogP contribution in [-0.4, -0.2) is 81.1 Å². The van der Waals surface area contributed by atoms with Crippen LogP contribution in [0.15, 0.2) is 47.0 Å². The molecule has 294 valence electrons. The molecule has 3 atom stereocenters. The number of benzene rings is 2. The van der Waals surface area contributed by atoms with Gasteiger partial charge in [0, 0.05) is 25.9 Å². The number of carboxylic acid groups (broad SMARTS) is 1. The molecule has 2 aromatic carbocycles. The monoisotopic (exact) mass is 751 g/mol. The average Bonchev–Trinajstić information content (AvgIpc) is 3.53. The van der Waals surface area contributed by atoms with E-state index in [-0.39, 0.29) is 37.0 Å². The van der Waals surface area contributed by atoms with Crippen molar-refractivity contribution < 1.29 is 38.7 Å². The summed E-state index contributed by atoms with van der Waals surface area (Å²) in [5.41, 5.74) is 7.73. The quantitative estimate of drug-likeness (QED) is 0.0484. The van der Waals surface area contributed by atoms with E-state index in [1.807, 2.05) is 30.3 Å². The predicted molar refractivity (Wildman–Crippen MR) is 200 cm³/mol. The predicted octanol–water partition coefficient (Wildman–Crippen LogP) is 3.46. The van der Waals surface area contributed by atoms with Crippen LogP contribution >= 0.6 is 0 Å². The first-order valence-electron chi connectivity index (χ1n) is 17.8. The minimum Gasteiger partial charge on any atom is -0.508 e. The van der Waals surface area contributed by atoms with Gasteiger partial charge in [0.15, 0.2) is 11.8 Å². The summed E-state index contributed by atoms with van der Waals surface area (Å²) in [7, 11) is 0. The van der Waals surface area contributed by atoms with Gasteiger partial charge >= 0.3 is 12.2 Å². The Bertz CT molecular complexity index is 1700. The first kappa shape index (κ1) is 42.5. The fraction of sp³-hybridized carbons (Fsp3) is 0.486. The van der Waals surface area contributed by atoms with Crippen LogP contribution in [0, 0.1) is 19.3 Å². The smallest absolute Gasteiger partial charge is 0.407 e. The summed E-state index contributed by atoms with van der Waals surface area (Å²) in [6, 6.07) is 9.45. The maximum atomic E-state index is 14.2. The fourth-order valence-corrected chi connectivity index (χ4v) is 5.69. The number of carbonyl (C=O) groups is 4. The van der Waals surface area contributed by atoms with Crippen LogP contribution < -0.4 is 32.3 Å². The van der Waals surface area contributed by atoms with E-state index in [2.05, 4.69) is 36.7 Å². The highest BCUT2D eigenvalue weighted by molar-refractivity contribution is 5.91. The number of aromatic nitrogens is 2. The molecule has 17 nitrogen and oxygen atoms in total. The molecular formula is C37H53N9O8. The first-order chi connectivity index (χ1) is 25.5. The van der Waals surface area contributed by atoms with Crippen molar-refractivity contribution in [2.75, 3.05) is 13.1 Å². The Morgan fingerprint density at radius 3 is 2.19 bits per heavy atom. The van der Waals surface area contributed by atoms with Gasteiger partial charge < -0.3 is 51.8 Å². The van der Waals surface area contributed by atoms with E-state index >= 15 is 0 Å². The van der Waals surface area contributed by atoms with Crippen LogP contribution in [0.4, 0.5) is 9.59 Å². The summed E-state index contributed by atoms with van der Waals surface area (Å²) in [4.78, 5) is 56.2. The molecule has 0 radical (unpaired) electrons. The number of nitrogens with zero attached hydrogens (tertiary/aromatic N) is 2. The van der Waals surface area contributed by atoms with Crippen molar-refractivity contribution >= 4 is 30.0 Å². The number of phenols is 1. The number of hydrogen-bond donors (Lipinski definition) is 9. The molecule has 0 aliphatic carbocycles. The second-order valence-electron chi connectivity index (χ2n) is 14.0. The number of alkyl carbamates (subject to hydrolysis) is 1. The Morgan fingerprint density at radius 2 is 1.56 bits per heavy atom. The van der Waals surface area contributed by atoms with Crippen LogP contribution in [0.1, 0.15) is 92.9 Å². The third kappa shape index (κ3) is 15.0. The van der Waals surface area contributed by atoms with Crippen LogP contribution in [0.2, 0.25) is 0 Å². The molecule has 3 aromatic rings. The summed E-state index contributed by atoms with van der Waals surface area (Å²) >= 11 is 0. The summed E-state index contributed by atoms with van der Waals surface area (Å²) in [6.07, 6.45) is 0.156. The molecule has 17 heteroatoms. The van der Waals surface area contributed by atoms with Gasteiger partial charge in [-0.1, -0.05) is 35.5 Å². The first-order valence-corrected chi connectivity index (χ1v) is 17.8. The van der Waals surface area contributed by atoms with Gasteiger partial charge in [0.25, 0.3) is 0 Å². The summed E-state index contributed by atoms with van der Waals surface area (Å²) < 4.78 is 10.9. The zero-order chi connectivity index (χ0) is 39.8. The van der Waals surface area contributed by atoms with Gasteiger partial charge in [0.05, 0.1) is 0 Å². The number of aromatic hydroxyl groups is 1. The van der Waals surface area contributed by atoms with E-state index < -0.39 is 47.7 Å². The van der Waals surface area contributed by atoms with E-state index in [1.165, 1.54) is 0 Å². The van der Waals surface area contributed by atoms with Crippen molar-refractivity contribution in [1.82, 2.24) is 36.7 Å². The van der Waals surface area contributed by atoms with Gasteiger partial charge in [-0.25, -0.2) is 9.59 Å². The molecule has 1 heterocycles. The van der Waals surface area contributed by atoms with E-state index in [0.717, 1.165) is 5.56 Å². The maximum absolute atomic E-state index is 14.2. The van der Waals surface area contributed by atoms with Crippen LogP contribution in [-0.2, 0) is 27.2 Å². The summed E-state index contributed by atoms with van der Waals surface area (Å²) in [6.45, 7) is 9.40. The number of nitrogens with two attached hydrogens (primary N) is 1. The second-order valence-corrected chi connectivity index (χ2v) is 14.0. The minimum absolute atomic E-state index is 0.0107. The summed E-state index contributed by atoms with van der Waals surface area (Å²) in [5, 5.41) is 44.3. The van der Waals surface area contributed by atoms with Crippen molar-refractivity contribution in [1.29, 1.82) is 5.41 Å². The van der Waals surface area contributed by atoms with E-state index in [4.69, 9.17) is 20.4 Å². The molecule has 0 bridgehead atoms. The normalized spacial score (nSPS) is 12.8. The Hall–Kier alpha value is -5.87. The Balaban J connectivity index is 1.87. The van der Waals surface area contributed by atoms with Crippen molar-refractivity contribution in [3.8, 4) is 5.75 Å². The van der Waals surface area contributed by atoms with Crippen molar-refractivity contribution in [3.05, 3.63) is 76.4 Å². The van der Waals surface area contributed by atoms with Gasteiger partial charge in [0.1, 0.15) is 29.5 Å². The van der Waals surface area contributed by atoms with Gasteiger partial charge in [-0.2, -0.15) is 4.98 Å². The standard InChI is InChI=1S/C37H53N9O8/c1-22-18-25(47)19-23(2)26(22)21-29(43-31(48)27(44-35(50)51)15-11-17-40-34(38)39)32(49)42-28(14-9-10-16-41-36(52)53-37(3,4)5)33-45-30(46-54-33)20-24-12-7-6-8-13-24/h6-8,12-13,18-19,27-29,44,47H,9-11,14-17,20-21H2,1-5H3,(H,41,52)(H,42,49)(H,43,48)(H,50,51)(H4,38,39,40). The molecule has 0 saturated heterocycles. The number of hydrogen-bond acceptors (Lipinski definition) is 10. The number of amides is 4. The highest BCUT2D eigenvalue weighted by Crippen LogP contribution is 2.24. The second kappa shape index (κ2) is 20.4. The number of aryl methyl sites for hydroxylation is 2. The molecule has 0 spiro atoms. The number of rotatable bonds is 19. The molecule has 0 aliphatic rings. The summed E-state index contributed by atoms with van der Waals surface area (Å²) in [5.74, 6) is -0.984. The molecule has 3 unspecified atom stereocenters. The zero-order valence-electron chi connectivity index (χ0n) is 31.5. The van der Waals surface area contributed by atoms with Crippen LogP contribution in [0.5, 0.6) is 5.75 Å². The van der Waals surface area contributed by atoms with Crippen LogP contribution in [0.25, 0.3) is 0 Å². The Labute approximate surface area is 314 Å². The largest absolute Gasteiger partial charge is 0.508 e. The third-order valence-corrected chi connectivity index (χ3v) is 8.21. The highest BCUT2D eigenvalue weighted by atomic mass is 16.6. The third-order valence-electron chi connectivity index (χ3n) is 8.21. The topological polar surface area (TPSA) is 267 Å². The number of carbonyl (C=O) groups excluding carboxylic acids is 3. The lowest BCUT2D eigenvalue weighted by molar-refractivity contribution is -0.130. The lowest BCUT2D eigenvalue weighted by Crippen LogP contribution is -2.55. The molecule has 54 heavy (non-hydrogen) atoms. The lowest BCUT2D eigenvalue weighted by Gasteiger charge is -2.25. The zero-order valence-corrected chi connectivity index (χ0v) is 31.5. The number of nitrogens with one attached hydrogen (secondary N) is 6. The fourth-order valence-electron chi connectivity index (χ4n) is 5.69. The van der Waals surface area contributed by atoms with Crippen molar-refractivity contribution in [2.45, 2.75) is 103 Å². The molecule has 4 amide bonds. The van der Waals surface area contributed by atoms with Gasteiger partial charge in [-0.15, -0.1) is 0 Å². The van der Waals surface area contributed by atoms with E-state index in [0.29, 0.717) is 61.2 Å². The Morgan fingerprint density at radius 1 is 0.907 bits per heavy atom. The van der Waals surface area contributed by atoms with Crippen molar-refractivity contribution in [2.24, 2.45) is 5.73 Å². The number of unbranched alkanes of at least 4 members (excludes halogenated alkanes) is 1. The molecule has 0 aliphatic heterocycles. The number of guanidine groups is 1. The Kier molecular flexibility index (Phi) is 16.1. The van der Waals surface area contributed by atoms with Crippen molar-refractivity contribution in [3.63, 3.8) is 0 Å². The van der Waals surface area contributed by atoms with Gasteiger partial charge in [-0.05, 0) is 101 Å². The molecule has 0 fully saturated rings. The molecule has 0 saturated carbocycles. The molecule has 3 rings (SSSR count). The van der Waals surface area contributed by atoms with Crippen LogP contribution in [0.3, 0.4) is 0 Å². The average molecular weight is 752 g/mol. The SMILES string of the molecule is Cc1cc(O)cc(C)c1CC(NC(=O)C(CCCNC(=N)N)NC(=O)O)C(=O)NC(CCCCNC(=O)OC(C)(C)C)c1nc(Cc2ccccc2)no1. The van der Waals surface area contributed by atoms with Gasteiger partial charge in [-0.3, -0.25) is 15.0 Å². The molecule has 1 aromatic heterocycles. The van der Waals surface area contributed by atoms with E-state index in [9.17, 15) is 29.4 Å². The number of ether oxygens (including phenoxy) is 1. The molecular weight excluding hydrogens is 698 g/mol. The minimum atomic E-state index is -1.43. The highest BCUT2D eigenvalue weighted by Gasteiger charge is 2.31. The van der Waals surface area contributed by atoms with Gasteiger partial charge in [0.2, 0.25) is 17.7 Å². The van der Waals surface area contributed by atoms with E-state index in [1.54, 1.807) is 46.8 Å². The maximum Gasteiger partial charge on any atom is 0.407 e. The lowest BCUT2D eigenvalue weighted by atomic mass is 9.95. The number of phenolic OH excluding ortho intramolecular Hbond substituents is 1. The molecule has 10 N–H and O–H groups in total.